The molecule has 0 aliphatic carbocycles. The average Bonchev–Trinajstić information content (AvgIpc) is 3.23. The van der Waals surface area contributed by atoms with Crippen LogP contribution in [0.1, 0.15) is 11.7 Å². The van der Waals surface area contributed by atoms with Gasteiger partial charge in [-0.1, -0.05) is 40.2 Å². The van der Waals surface area contributed by atoms with Gasteiger partial charge in [0.25, 0.3) is 0 Å². The molecule has 0 unspecified atom stereocenters. The number of halogens is 1. The lowest BCUT2D eigenvalue weighted by atomic mass is 10.1. The molecular weight excluding hydrogens is 470 g/mol. The van der Waals surface area contributed by atoms with Crippen LogP contribution in [0.2, 0.25) is 0 Å². The number of fused-ring (bicyclic) bond motifs is 5. The van der Waals surface area contributed by atoms with Crippen LogP contribution in [0, 0.1) is 0 Å². The fourth-order valence-electron chi connectivity index (χ4n) is 4.67. The number of guanidine groups is 1. The molecule has 1 N–H and O–H groups in total. The van der Waals surface area contributed by atoms with Gasteiger partial charge < -0.3 is 10.1 Å². The van der Waals surface area contributed by atoms with Gasteiger partial charge in [-0.25, -0.2) is 9.98 Å². The van der Waals surface area contributed by atoms with Gasteiger partial charge in [-0.2, -0.15) is 0 Å². The first-order chi connectivity index (χ1) is 15.8. The Labute approximate surface area is 195 Å². The second-order valence-electron chi connectivity index (χ2n) is 8.41. The summed E-state index contributed by atoms with van der Waals surface area (Å²) in [4.78, 5) is 17.0. The molecule has 1 saturated heterocycles. The predicted octanol–water partition coefficient (Wildman–Crippen LogP) is 2.67. The summed E-state index contributed by atoms with van der Waals surface area (Å²) in [5.41, 5.74) is 3.28. The van der Waals surface area contributed by atoms with Crippen molar-refractivity contribution < 1.29 is 4.74 Å². The monoisotopic (exact) mass is 495 g/mol. The summed E-state index contributed by atoms with van der Waals surface area (Å²) in [5.74, 6) is 1.82. The molecule has 3 aromatic rings. The summed E-state index contributed by atoms with van der Waals surface area (Å²) < 4.78 is 8.83. The number of nitrogens with one attached hydrogen (secondary N) is 1. The van der Waals surface area contributed by atoms with E-state index in [9.17, 15) is 0 Å². The lowest BCUT2D eigenvalue weighted by molar-refractivity contribution is 0.0334. The van der Waals surface area contributed by atoms with Crippen LogP contribution in [-0.2, 0) is 4.74 Å². The largest absolute Gasteiger partial charge is 0.379 e. The molecule has 9 heteroatoms. The number of imidazole rings is 1. The van der Waals surface area contributed by atoms with Crippen molar-refractivity contribution in [1.82, 2.24) is 24.7 Å². The number of para-hydroxylation sites is 2. The third-order valence-corrected chi connectivity index (χ3v) is 6.85. The fourth-order valence-corrected chi connectivity index (χ4v) is 5.08. The molecule has 8 nitrogen and oxygen atoms in total. The molecule has 166 valence electrons. The van der Waals surface area contributed by atoms with Crippen LogP contribution in [0.4, 0.5) is 5.95 Å². The molecule has 0 bridgehead atoms. The second-order valence-corrected chi connectivity index (χ2v) is 9.33. The quantitative estimate of drug-likeness (QED) is 0.600. The molecule has 1 atom stereocenters. The molecule has 0 amide bonds. The van der Waals surface area contributed by atoms with Crippen molar-refractivity contribution in [2.75, 3.05) is 57.6 Å². The average molecular weight is 496 g/mol. The Bertz CT molecular complexity index is 1160. The Morgan fingerprint density at radius 2 is 1.88 bits per heavy atom. The van der Waals surface area contributed by atoms with Crippen molar-refractivity contribution in [3.63, 3.8) is 0 Å². The van der Waals surface area contributed by atoms with Gasteiger partial charge in [-0.15, -0.1) is 0 Å². The highest BCUT2D eigenvalue weighted by molar-refractivity contribution is 9.10. The van der Waals surface area contributed by atoms with E-state index in [0.29, 0.717) is 6.67 Å². The lowest BCUT2D eigenvalue weighted by Gasteiger charge is -2.42. The molecule has 0 spiro atoms. The fraction of sp³-hybridized carbons (Fsp3) is 0.391. The number of aliphatic imine (C=N–C) groups is 1. The van der Waals surface area contributed by atoms with Crippen LogP contribution in [0.25, 0.3) is 11.0 Å². The number of ether oxygens (including phenoxy) is 1. The Hall–Kier alpha value is -2.46. The predicted molar refractivity (Wildman–Crippen MR) is 129 cm³/mol. The van der Waals surface area contributed by atoms with Gasteiger partial charge in [0.15, 0.2) is 0 Å². The van der Waals surface area contributed by atoms with Crippen molar-refractivity contribution >= 4 is 38.9 Å². The number of morpholine rings is 1. The Morgan fingerprint density at radius 1 is 1.03 bits per heavy atom. The number of aromatic nitrogens is 2. The number of rotatable bonds is 4. The molecule has 3 aliphatic heterocycles. The maximum Gasteiger partial charge on any atom is 0.216 e. The molecule has 4 heterocycles. The van der Waals surface area contributed by atoms with Crippen molar-refractivity contribution in [3.05, 3.63) is 58.6 Å². The molecule has 3 aliphatic rings. The van der Waals surface area contributed by atoms with Crippen molar-refractivity contribution in [3.8, 4) is 0 Å². The zero-order chi connectivity index (χ0) is 21.5. The van der Waals surface area contributed by atoms with Crippen LogP contribution in [-0.4, -0.2) is 78.0 Å². The summed E-state index contributed by atoms with van der Waals surface area (Å²) in [6, 6.07) is 16.8. The summed E-state index contributed by atoms with van der Waals surface area (Å²) in [5, 5.41) is 3.68. The van der Waals surface area contributed by atoms with E-state index in [-0.39, 0.29) is 6.17 Å². The highest BCUT2D eigenvalue weighted by Gasteiger charge is 2.35. The van der Waals surface area contributed by atoms with E-state index in [1.54, 1.807) is 0 Å². The summed E-state index contributed by atoms with van der Waals surface area (Å²) in [6.07, 6.45) is -0.0650. The second kappa shape index (κ2) is 8.47. The minimum Gasteiger partial charge on any atom is -0.379 e. The van der Waals surface area contributed by atoms with E-state index >= 15 is 0 Å². The van der Waals surface area contributed by atoms with Gasteiger partial charge in [-0.05, 0) is 29.8 Å². The van der Waals surface area contributed by atoms with Crippen LogP contribution in [0.5, 0.6) is 0 Å². The first-order valence-electron chi connectivity index (χ1n) is 11.1. The van der Waals surface area contributed by atoms with Crippen LogP contribution < -0.4 is 10.2 Å². The maximum absolute atomic E-state index is 5.48. The normalized spacial score (nSPS) is 21.7. The van der Waals surface area contributed by atoms with Crippen molar-refractivity contribution in [1.29, 1.82) is 0 Å². The standard InChI is InChI=1S/C23H26BrN7O/c24-18-5-3-4-17(14-18)21-27-22-25-15-29(9-8-28-10-12-32-13-11-28)16-30(22)23-26-19-6-1-2-7-20(19)31(21)23/h1-7,14,21H,8-13,15-16H2,(H,25,27)/t21-/m1/s1. The molecule has 2 aromatic carbocycles. The van der Waals surface area contributed by atoms with Gasteiger partial charge in [0.05, 0.1) is 37.6 Å². The van der Waals surface area contributed by atoms with E-state index in [2.05, 4.69) is 83.0 Å². The SMILES string of the molecule is Brc1cccc([C@@H]2NC3=NCN(CCN4CCOCC4)CN3c3nc4ccccc4n32)c1. The highest BCUT2D eigenvalue weighted by atomic mass is 79.9. The number of anilines is 1. The first-order valence-corrected chi connectivity index (χ1v) is 11.9. The summed E-state index contributed by atoms with van der Waals surface area (Å²) in [6.45, 7) is 7.16. The summed E-state index contributed by atoms with van der Waals surface area (Å²) >= 11 is 3.62. The van der Waals surface area contributed by atoms with E-state index in [1.807, 2.05) is 6.07 Å². The lowest BCUT2D eigenvalue weighted by Crippen LogP contribution is -2.58. The maximum atomic E-state index is 5.48. The Balaban J connectivity index is 1.32. The van der Waals surface area contributed by atoms with Gasteiger partial charge in [-0.3, -0.25) is 19.3 Å². The summed E-state index contributed by atoms with van der Waals surface area (Å²) in [7, 11) is 0. The van der Waals surface area contributed by atoms with E-state index in [4.69, 9.17) is 14.7 Å². The van der Waals surface area contributed by atoms with Gasteiger partial charge in [0, 0.05) is 30.7 Å². The van der Waals surface area contributed by atoms with Gasteiger partial charge in [0.1, 0.15) is 6.17 Å². The van der Waals surface area contributed by atoms with E-state index in [1.165, 1.54) is 5.56 Å². The molecule has 6 rings (SSSR count). The Kier molecular flexibility index (Phi) is 5.34. The molecule has 0 saturated carbocycles. The molecule has 1 aromatic heterocycles. The van der Waals surface area contributed by atoms with E-state index < -0.39 is 0 Å². The number of nitrogens with zero attached hydrogens (tertiary/aromatic N) is 6. The first kappa shape index (κ1) is 20.2. The molecular formula is C23H26BrN7O. The third-order valence-electron chi connectivity index (χ3n) is 6.36. The topological polar surface area (TPSA) is 61.2 Å². The minimum atomic E-state index is -0.0650. The smallest absolute Gasteiger partial charge is 0.216 e. The number of hydrogen-bond acceptors (Lipinski definition) is 7. The number of hydrogen-bond donors (Lipinski definition) is 1. The molecule has 0 radical (unpaired) electrons. The van der Waals surface area contributed by atoms with Gasteiger partial charge in [0.2, 0.25) is 11.9 Å². The third kappa shape index (κ3) is 3.69. The molecule has 1 fully saturated rings. The number of benzene rings is 2. The zero-order valence-electron chi connectivity index (χ0n) is 17.8. The Morgan fingerprint density at radius 3 is 2.75 bits per heavy atom. The van der Waals surface area contributed by atoms with Crippen LogP contribution in [0.3, 0.4) is 0 Å². The van der Waals surface area contributed by atoms with Crippen molar-refractivity contribution in [2.45, 2.75) is 6.17 Å². The van der Waals surface area contributed by atoms with Crippen LogP contribution in [0.15, 0.2) is 58.0 Å². The molecule has 32 heavy (non-hydrogen) atoms. The minimum absolute atomic E-state index is 0.0650. The van der Waals surface area contributed by atoms with E-state index in [0.717, 1.165) is 73.5 Å². The van der Waals surface area contributed by atoms with Crippen LogP contribution >= 0.6 is 15.9 Å². The van der Waals surface area contributed by atoms with Crippen molar-refractivity contribution in [2.24, 2.45) is 4.99 Å². The zero-order valence-corrected chi connectivity index (χ0v) is 19.4. The van der Waals surface area contributed by atoms with Gasteiger partial charge >= 0.3 is 0 Å². The highest BCUT2D eigenvalue weighted by Crippen LogP contribution is 2.34.